The number of hydrogen-bond donors (Lipinski definition) is 2. The predicted octanol–water partition coefficient (Wildman–Crippen LogP) is 3.20. The number of fused-ring (bicyclic) bond motifs is 1. The molecule has 4 heterocycles. The van der Waals surface area contributed by atoms with Crippen LogP contribution in [0.3, 0.4) is 0 Å². The largest absolute Gasteiger partial charge is 0.370 e. The van der Waals surface area contributed by atoms with Gasteiger partial charge in [-0.2, -0.15) is 9.61 Å². The van der Waals surface area contributed by atoms with E-state index >= 15 is 0 Å². The van der Waals surface area contributed by atoms with Crippen molar-refractivity contribution in [1.82, 2.24) is 19.9 Å². The third-order valence-electron chi connectivity index (χ3n) is 5.89. The molecule has 2 saturated heterocycles. The van der Waals surface area contributed by atoms with Crippen molar-refractivity contribution < 1.29 is 13.6 Å². The van der Waals surface area contributed by atoms with E-state index in [0.29, 0.717) is 40.6 Å². The maximum atomic E-state index is 13.6. The second kappa shape index (κ2) is 7.07. The molecule has 7 nitrogen and oxygen atoms in total. The Bertz CT molecular complexity index is 1050. The Morgan fingerprint density at radius 3 is 2.77 bits per heavy atom. The summed E-state index contributed by atoms with van der Waals surface area (Å²) >= 11 is 0. The number of nitrogens with one attached hydrogen (secondary N) is 2. The van der Waals surface area contributed by atoms with Gasteiger partial charge in [0.1, 0.15) is 11.6 Å². The number of amides is 1. The Balaban J connectivity index is 1.52. The molecule has 1 aliphatic carbocycles. The molecule has 2 aromatic rings. The molecule has 5 rings (SSSR count). The Morgan fingerprint density at radius 2 is 2.10 bits per heavy atom. The highest BCUT2D eigenvalue weighted by molar-refractivity contribution is 6.02. The number of anilines is 2. The van der Waals surface area contributed by atoms with Crippen molar-refractivity contribution in [3.8, 4) is 0 Å². The first kappa shape index (κ1) is 19.0. The normalized spacial score (nSPS) is 22.7. The van der Waals surface area contributed by atoms with E-state index in [1.54, 1.807) is 16.8 Å². The van der Waals surface area contributed by atoms with Crippen LogP contribution in [0.5, 0.6) is 0 Å². The van der Waals surface area contributed by atoms with Crippen LogP contribution in [0.1, 0.15) is 37.7 Å². The Labute approximate surface area is 172 Å². The van der Waals surface area contributed by atoms with Crippen LogP contribution in [0.2, 0.25) is 0 Å². The minimum Gasteiger partial charge on any atom is -0.370 e. The summed E-state index contributed by atoms with van der Waals surface area (Å²) in [7, 11) is 0. The summed E-state index contributed by atoms with van der Waals surface area (Å²) in [6.07, 6.45) is 5.99. The topological polar surface area (TPSA) is 74.6 Å². The summed E-state index contributed by atoms with van der Waals surface area (Å²) in [5.74, 6) is -0.685. The van der Waals surface area contributed by atoms with Crippen molar-refractivity contribution in [2.24, 2.45) is 5.92 Å². The van der Waals surface area contributed by atoms with Crippen LogP contribution in [0.25, 0.3) is 11.7 Å². The molecule has 3 fully saturated rings. The fourth-order valence-electron chi connectivity index (χ4n) is 3.89. The molecule has 0 spiro atoms. The van der Waals surface area contributed by atoms with E-state index in [0.717, 1.165) is 12.4 Å². The average Bonchev–Trinajstić information content (AvgIpc) is 3.36. The van der Waals surface area contributed by atoms with E-state index in [9.17, 15) is 13.6 Å². The zero-order valence-electron chi connectivity index (χ0n) is 16.6. The van der Waals surface area contributed by atoms with E-state index in [4.69, 9.17) is 4.98 Å². The van der Waals surface area contributed by atoms with E-state index in [2.05, 4.69) is 22.3 Å². The van der Waals surface area contributed by atoms with Gasteiger partial charge < -0.3 is 15.5 Å². The zero-order valence-corrected chi connectivity index (χ0v) is 16.6. The fourth-order valence-corrected chi connectivity index (χ4v) is 3.89. The quantitative estimate of drug-likeness (QED) is 0.735. The number of rotatable bonds is 5. The Morgan fingerprint density at radius 1 is 1.33 bits per heavy atom. The maximum absolute atomic E-state index is 13.6. The molecule has 0 atom stereocenters. The number of alkyl halides is 2. The van der Waals surface area contributed by atoms with Gasteiger partial charge in [-0.15, -0.1) is 0 Å². The summed E-state index contributed by atoms with van der Waals surface area (Å²) in [4.78, 5) is 18.7. The number of nitrogens with zero attached hydrogens (tertiary/aromatic N) is 4. The molecule has 158 valence electrons. The molecule has 0 bridgehead atoms. The molecule has 9 heteroatoms. The standard InChI is InChI=1S/C21H24F2N6O/c1-13-8-15(20(30)26-13)9-16-12-25-29-17(24-11-14-2-3-14)10-18(27-19(16)29)28-6-4-21(22,23)5-7-28/h9-10,12,14,24H,1-8,11H2,(H,26,30)/b15-9+. The minimum atomic E-state index is -2.61. The highest BCUT2D eigenvalue weighted by Gasteiger charge is 2.34. The molecule has 0 radical (unpaired) electrons. The van der Waals surface area contributed by atoms with Crippen molar-refractivity contribution >= 4 is 29.3 Å². The number of hydrogen-bond acceptors (Lipinski definition) is 5. The Kier molecular flexibility index (Phi) is 4.48. The van der Waals surface area contributed by atoms with Gasteiger partial charge in [0, 0.05) is 61.8 Å². The van der Waals surface area contributed by atoms with Crippen molar-refractivity contribution in [1.29, 1.82) is 0 Å². The van der Waals surface area contributed by atoms with Gasteiger partial charge in [-0.3, -0.25) is 4.79 Å². The lowest BCUT2D eigenvalue weighted by atomic mass is 10.1. The number of allylic oxidation sites excluding steroid dienone is 1. The van der Waals surface area contributed by atoms with Crippen LogP contribution in [0.4, 0.5) is 20.4 Å². The molecule has 3 aliphatic rings. The average molecular weight is 414 g/mol. The number of carbonyl (C=O) groups excluding carboxylic acids is 1. The first-order valence-electron chi connectivity index (χ1n) is 10.3. The van der Waals surface area contributed by atoms with E-state index < -0.39 is 5.92 Å². The molecule has 30 heavy (non-hydrogen) atoms. The molecule has 1 amide bonds. The van der Waals surface area contributed by atoms with Crippen LogP contribution in [0.15, 0.2) is 30.1 Å². The summed E-state index contributed by atoms with van der Waals surface area (Å²) < 4.78 is 29.0. The van der Waals surface area contributed by atoms with Crippen LogP contribution in [-0.4, -0.2) is 46.1 Å². The Hall–Kier alpha value is -2.97. The smallest absolute Gasteiger partial charge is 0.251 e. The highest BCUT2D eigenvalue weighted by atomic mass is 19.3. The maximum Gasteiger partial charge on any atom is 0.251 e. The van der Waals surface area contributed by atoms with Gasteiger partial charge in [-0.05, 0) is 24.8 Å². The molecular formula is C21H24F2N6O. The molecular weight excluding hydrogens is 390 g/mol. The molecule has 1 saturated carbocycles. The van der Waals surface area contributed by atoms with Gasteiger partial charge in [0.05, 0.1) is 6.20 Å². The lowest BCUT2D eigenvalue weighted by Gasteiger charge is -2.32. The number of piperidine rings is 1. The van der Waals surface area contributed by atoms with E-state index in [-0.39, 0.29) is 31.8 Å². The summed E-state index contributed by atoms with van der Waals surface area (Å²) in [5, 5.41) is 10.6. The van der Waals surface area contributed by atoms with Crippen molar-refractivity contribution in [3.05, 3.63) is 35.7 Å². The summed E-state index contributed by atoms with van der Waals surface area (Å²) in [6.45, 7) is 5.16. The van der Waals surface area contributed by atoms with E-state index in [1.807, 2.05) is 11.0 Å². The first-order valence-corrected chi connectivity index (χ1v) is 10.3. The highest BCUT2D eigenvalue weighted by Crippen LogP contribution is 2.33. The third kappa shape index (κ3) is 3.76. The molecule has 0 unspecified atom stereocenters. The van der Waals surface area contributed by atoms with Gasteiger partial charge >= 0.3 is 0 Å². The summed E-state index contributed by atoms with van der Waals surface area (Å²) in [5.41, 5.74) is 2.58. The van der Waals surface area contributed by atoms with Crippen molar-refractivity contribution in [2.45, 2.75) is 38.0 Å². The second-order valence-corrected chi connectivity index (χ2v) is 8.41. The zero-order chi connectivity index (χ0) is 20.9. The summed E-state index contributed by atoms with van der Waals surface area (Å²) in [6, 6.07) is 1.88. The van der Waals surface area contributed by atoms with Gasteiger partial charge in [0.15, 0.2) is 5.65 Å². The third-order valence-corrected chi connectivity index (χ3v) is 5.89. The van der Waals surface area contributed by atoms with Gasteiger partial charge in [0.25, 0.3) is 11.8 Å². The molecule has 2 aliphatic heterocycles. The minimum absolute atomic E-state index is 0.166. The predicted molar refractivity (Wildman–Crippen MR) is 110 cm³/mol. The number of carbonyl (C=O) groups is 1. The van der Waals surface area contributed by atoms with Gasteiger partial charge in [-0.1, -0.05) is 6.58 Å². The van der Waals surface area contributed by atoms with Crippen LogP contribution in [-0.2, 0) is 4.79 Å². The lowest BCUT2D eigenvalue weighted by Crippen LogP contribution is -2.39. The fraction of sp³-hybridized carbons (Fsp3) is 0.476. The number of aromatic nitrogens is 3. The number of halogens is 2. The van der Waals surface area contributed by atoms with Gasteiger partial charge in [0.2, 0.25) is 0 Å². The van der Waals surface area contributed by atoms with Crippen LogP contribution < -0.4 is 15.5 Å². The molecule has 2 aromatic heterocycles. The molecule has 0 aromatic carbocycles. The second-order valence-electron chi connectivity index (χ2n) is 8.41. The van der Waals surface area contributed by atoms with Gasteiger partial charge in [-0.25, -0.2) is 13.8 Å². The first-order chi connectivity index (χ1) is 14.4. The van der Waals surface area contributed by atoms with Crippen LogP contribution in [0, 0.1) is 5.92 Å². The van der Waals surface area contributed by atoms with Crippen molar-refractivity contribution in [2.75, 3.05) is 29.9 Å². The van der Waals surface area contributed by atoms with Crippen LogP contribution >= 0.6 is 0 Å². The lowest BCUT2D eigenvalue weighted by molar-refractivity contribution is -0.115. The molecule has 2 N–H and O–H groups in total. The monoisotopic (exact) mass is 414 g/mol. The van der Waals surface area contributed by atoms with E-state index in [1.165, 1.54) is 12.8 Å². The SMILES string of the molecule is C=C1C/C(=C\c2cnn3c(NCC4CC4)cc(N4CCC(F)(F)CC4)nc23)C(=O)N1. The van der Waals surface area contributed by atoms with Crippen molar-refractivity contribution in [3.63, 3.8) is 0 Å².